The van der Waals surface area contributed by atoms with Crippen LogP contribution in [0.4, 0.5) is 15.9 Å². The summed E-state index contributed by atoms with van der Waals surface area (Å²) in [6.45, 7) is 2.79. The Kier molecular flexibility index (Phi) is 4.26. The first-order valence-corrected chi connectivity index (χ1v) is 9.37. The van der Waals surface area contributed by atoms with Crippen LogP contribution in [0.2, 0.25) is 0 Å². The van der Waals surface area contributed by atoms with E-state index < -0.39 is 5.79 Å². The van der Waals surface area contributed by atoms with Crippen LogP contribution in [0.15, 0.2) is 60.7 Å². The molecule has 0 radical (unpaired) electrons. The molecule has 7 heteroatoms. The summed E-state index contributed by atoms with van der Waals surface area (Å²) in [6, 6.07) is 17.8. The molecule has 6 nitrogen and oxygen atoms in total. The van der Waals surface area contributed by atoms with Gasteiger partial charge in [0.2, 0.25) is 5.79 Å². The number of aryl methyl sites for hydroxylation is 1. The third-order valence-corrected chi connectivity index (χ3v) is 4.94. The number of ether oxygens (including phenoxy) is 2. The number of aromatic nitrogens is 3. The number of para-hydroxylation sites is 1. The number of fused-ring (bicyclic) bond motifs is 1. The number of nitrogens with one attached hydrogen (secondary N) is 2. The number of aromatic amines is 1. The van der Waals surface area contributed by atoms with Crippen LogP contribution < -0.4 is 5.32 Å². The van der Waals surface area contributed by atoms with Gasteiger partial charge < -0.3 is 14.8 Å². The Balaban J connectivity index is 1.68. The maximum Gasteiger partial charge on any atom is 0.240 e. The van der Waals surface area contributed by atoms with E-state index in [9.17, 15) is 4.39 Å². The van der Waals surface area contributed by atoms with Crippen LogP contribution in [0.1, 0.15) is 17.0 Å². The Morgan fingerprint density at radius 2 is 1.79 bits per heavy atom. The van der Waals surface area contributed by atoms with Crippen LogP contribution >= 0.6 is 0 Å². The molecule has 2 N–H and O–H groups in total. The lowest BCUT2D eigenvalue weighted by Crippen LogP contribution is -2.30. The summed E-state index contributed by atoms with van der Waals surface area (Å²) < 4.78 is 25.6. The van der Waals surface area contributed by atoms with Gasteiger partial charge in [-0.3, -0.25) is 5.10 Å². The van der Waals surface area contributed by atoms with E-state index in [0.717, 1.165) is 22.3 Å². The molecule has 29 heavy (non-hydrogen) atoms. The highest BCUT2D eigenvalue weighted by Crippen LogP contribution is 2.40. The normalized spacial score (nSPS) is 15.7. The summed E-state index contributed by atoms with van der Waals surface area (Å²) >= 11 is 0. The van der Waals surface area contributed by atoms with Crippen molar-refractivity contribution in [2.24, 2.45) is 0 Å². The highest BCUT2D eigenvalue weighted by Gasteiger charge is 2.42. The second-order valence-electron chi connectivity index (χ2n) is 6.95. The molecule has 2 aromatic carbocycles. The summed E-state index contributed by atoms with van der Waals surface area (Å²) in [6.07, 6.45) is 0. The fourth-order valence-corrected chi connectivity index (χ4v) is 3.61. The molecule has 2 aromatic heterocycles. The average molecular weight is 390 g/mol. The van der Waals surface area contributed by atoms with Gasteiger partial charge in [-0.05, 0) is 31.2 Å². The number of anilines is 2. The van der Waals surface area contributed by atoms with Crippen molar-refractivity contribution in [3.05, 3.63) is 83.4 Å². The third kappa shape index (κ3) is 3.14. The number of hydrogen-bond acceptors (Lipinski definition) is 5. The van der Waals surface area contributed by atoms with E-state index in [1.165, 1.54) is 12.1 Å². The van der Waals surface area contributed by atoms with Crippen molar-refractivity contribution in [3.8, 4) is 0 Å². The largest absolute Gasteiger partial charge is 0.339 e. The minimum atomic E-state index is -1.18. The molecule has 0 bridgehead atoms. The van der Waals surface area contributed by atoms with E-state index in [2.05, 4.69) is 15.5 Å². The van der Waals surface area contributed by atoms with E-state index in [0.29, 0.717) is 30.3 Å². The molecule has 0 amide bonds. The smallest absolute Gasteiger partial charge is 0.240 e. The van der Waals surface area contributed by atoms with Crippen LogP contribution in [0.25, 0.3) is 10.9 Å². The molecule has 0 saturated carbocycles. The van der Waals surface area contributed by atoms with E-state index in [4.69, 9.17) is 14.5 Å². The molecule has 0 spiro atoms. The summed E-state index contributed by atoms with van der Waals surface area (Å²) in [5.41, 5.74) is 3.87. The van der Waals surface area contributed by atoms with Crippen molar-refractivity contribution in [2.45, 2.75) is 12.7 Å². The minimum absolute atomic E-state index is 0.315. The van der Waals surface area contributed by atoms with Crippen molar-refractivity contribution in [2.75, 3.05) is 18.5 Å². The highest BCUT2D eigenvalue weighted by atomic mass is 19.1. The Labute approximate surface area is 166 Å². The van der Waals surface area contributed by atoms with Crippen molar-refractivity contribution in [3.63, 3.8) is 0 Å². The van der Waals surface area contributed by atoms with Gasteiger partial charge in [0.1, 0.15) is 11.5 Å². The summed E-state index contributed by atoms with van der Waals surface area (Å²) in [5.74, 6) is -0.797. The van der Waals surface area contributed by atoms with Crippen LogP contribution in [0.5, 0.6) is 0 Å². The third-order valence-electron chi connectivity index (χ3n) is 4.94. The maximum atomic E-state index is 13.5. The molecule has 5 rings (SSSR count). The first kappa shape index (κ1) is 17.8. The highest BCUT2D eigenvalue weighted by molar-refractivity contribution is 5.93. The lowest BCUT2D eigenvalue weighted by molar-refractivity contribution is -0.132. The van der Waals surface area contributed by atoms with Gasteiger partial charge in [-0.1, -0.05) is 30.3 Å². The average Bonchev–Trinajstić information content (AvgIpc) is 3.38. The molecule has 0 unspecified atom stereocenters. The Morgan fingerprint density at radius 3 is 2.52 bits per heavy atom. The van der Waals surface area contributed by atoms with Crippen LogP contribution in [-0.2, 0) is 15.3 Å². The fourth-order valence-electron chi connectivity index (χ4n) is 3.61. The molecule has 1 fully saturated rings. The minimum Gasteiger partial charge on any atom is -0.339 e. The van der Waals surface area contributed by atoms with Crippen LogP contribution in [0, 0.1) is 12.7 Å². The van der Waals surface area contributed by atoms with Gasteiger partial charge in [0.15, 0.2) is 5.82 Å². The number of halogens is 1. The number of pyridine rings is 1. The molecule has 4 aromatic rings. The maximum absolute atomic E-state index is 13.5. The van der Waals surface area contributed by atoms with Gasteiger partial charge in [-0.2, -0.15) is 5.10 Å². The van der Waals surface area contributed by atoms with Gasteiger partial charge >= 0.3 is 0 Å². The van der Waals surface area contributed by atoms with E-state index in [-0.39, 0.29) is 5.82 Å². The molecule has 146 valence electrons. The number of H-pyrrole nitrogens is 1. The van der Waals surface area contributed by atoms with Crippen molar-refractivity contribution in [1.29, 1.82) is 0 Å². The van der Waals surface area contributed by atoms with Crippen LogP contribution in [-0.4, -0.2) is 28.4 Å². The number of rotatable bonds is 4. The van der Waals surface area contributed by atoms with Gasteiger partial charge in [0.05, 0.1) is 24.4 Å². The monoisotopic (exact) mass is 390 g/mol. The Bertz CT molecular complexity index is 1170. The van der Waals surface area contributed by atoms with E-state index in [1.807, 2.05) is 43.3 Å². The second-order valence-corrected chi connectivity index (χ2v) is 6.95. The molecule has 1 aliphatic heterocycles. The molecule has 1 aliphatic rings. The Morgan fingerprint density at radius 1 is 1.03 bits per heavy atom. The molecule has 3 heterocycles. The predicted octanol–water partition coefficient (Wildman–Crippen LogP) is 4.40. The topological polar surface area (TPSA) is 72.1 Å². The molecular formula is C22H19FN4O2. The first-order chi connectivity index (χ1) is 14.1. The first-order valence-electron chi connectivity index (χ1n) is 9.37. The predicted molar refractivity (Wildman–Crippen MR) is 107 cm³/mol. The van der Waals surface area contributed by atoms with E-state index >= 15 is 0 Å². The van der Waals surface area contributed by atoms with Gasteiger partial charge in [-0.15, -0.1) is 0 Å². The van der Waals surface area contributed by atoms with Crippen molar-refractivity contribution >= 4 is 22.4 Å². The summed E-state index contributed by atoms with van der Waals surface area (Å²) in [4.78, 5) is 4.82. The second kappa shape index (κ2) is 6.95. The zero-order chi connectivity index (χ0) is 19.8. The number of nitrogens with zero attached hydrogens (tertiary/aromatic N) is 2. The lowest BCUT2D eigenvalue weighted by atomic mass is 10.00. The van der Waals surface area contributed by atoms with E-state index in [1.54, 1.807) is 12.1 Å². The lowest BCUT2D eigenvalue weighted by Gasteiger charge is -2.28. The molecule has 1 saturated heterocycles. The quantitative estimate of drug-likeness (QED) is 0.541. The summed E-state index contributed by atoms with van der Waals surface area (Å²) in [5, 5.41) is 11.5. The standard InChI is InChI=1S/C22H19FN4O2/c1-14-12-21(27-26-14)25-19-13-20(24-18-5-3-2-4-17(18)19)22(28-10-11-29-22)15-6-8-16(23)9-7-15/h2-9,12-13H,10-11H2,1H3,(H2,24,25,26,27). The number of benzene rings is 2. The zero-order valence-corrected chi connectivity index (χ0v) is 15.8. The molecular weight excluding hydrogens is 371 g/mol. The number of hydrogen-bond donors (Lipinski definition) is 2. The molecule has 0 atom stereocenters. The summed E-state index contributed by atoms with van der Waals surface area (Å²) in [7, 11) is 0. The van der Waals surface area contributed by atoms with Gasteiger partial charge in [-0.25, -0.2) is 9.37 Å². The van der Waals surface area contributed by atoms with Crippen LogP contribution in [0.3, 0.4) is 0 Å². The zero-order valence-electron chi connectivity index (χ0n) is 15.8. The van der Waals surface area contributed by atoms with Crippen molar-refractivity contribution < 1.29 is 13.9 Å². The van der Waals surface area contributed by atoms with Gasteiger partial charge in [0.25, 0.3) is 0 Å². The Hall–Kier alpha value is -3.29. The molecule has 0 aliphatic carbocycles. The SMILES string of the molecule is Cc1cc(Nc2cc(C3(c4ccc(F)cc4)OCCO3)nc3ccccc23)n[nH]1. The van der Waals surface area contributed by atoms with Gasteiger partial charge in [0, 0.05) is 22.7 Å². The fraction of sp³-hybridized carbons (Fsp3) is 0.182. The van der Waals surface area contributed by atoms with Crippen molar-refractivity contribution in [1.82, 2.24) is 15.2 Å².